The maximum absolute atomic E-state index is 10.9. The summed E-state index contributed by atoms with van der Waals surface area (Å²) in [6.45, 7) is 3.88. The van der Waals surface area contributed by atoms with E-state index in [-0.39, 0.29) is 42.0 Å². The van der Waals surface area contributed by atoms with Crippen molar-refractivity contribution < 1.29 is 39.4 Å². The molecule has 2 aliphatic rings. The molecular weight excluding hydrogens is 512 g/mol. The smallest absolute Gasteiger partial charge is 0.188 e. The van der Waals surface area contributed by atoms with E-state index in [1.54, 1.807) is 37.3 Å². The molecule has 0 aromatic heterocycles. The first-order valence-corrected chi connectivity index (χ1v) is 14.9. The number of para-hydroxylation sites is 2. The fraction of sp³-hybridized carbons (Fsp3) is 0.625. The molecule has 40 heavy (non-hydrogen) atoms. The van der Waals surface area contributed by atoms with E-state index in [2.05, 4.69) is 6.92 Å². The number of ether oxygens (including phenoxy) is 4. The highest BCUT2D eigenvalue weighted by Crippen LogP contribution is 2.38. The van der Waals surface area contributed by atoms with Crippen molar-refractivity contribution in [2.75, 3.05) is 0 Å². The van der Waals surface area contributed by atoms with Gasteiger partial charge in [0.15, 0.2) is 12.6 Å². The van der Waals surface area contributed by atoms with Crippen LogP contribution in [0.2, 0.25) is 0 Å². The largest absolute Gasteiger partial charge is 0.507 e. The van der Waals surface area contributed by atoms with Crippen LogP contribution in [0.5, 0.6) is 11.5 Å². The van der Waals surface area contributed by atoms with Crippen molar-refractivity contribution in [3.05, 3.63) is 59.7 Å². The van der Waals surface area contributed by atoms with Crippen LogP contribution in [0.25, 0.3) is 0 Å². The highest BCUT2D eigenvalue weighted by Gasteiger charge is 2.34. The second-order valence-electron chi connectivity index (χ2n) is 11.3. The summed E-state index contributed by atoms with van der Waals surface area (Å²) in [5, 5.41) is 41.2. The molecule has 2 aromatic rings. The average molecular weight is 559 g/mol. The summed E-state index contributed by atoms with van der Waals surface area (Å²) in [5.74, 6) is 0.293. The fourth-order valence-electron chi connectivity index (χ4n) is 5.67. The highest BCUT2D eigenvalue weighted by molar-refractivity contribution is 5.33. The molecule has 0 aliphatic carbocycles. The van der Waals surface area contributed by atoms with Gasteiger partial charge in [0.1, 0.15) is 11.5 Å². The van der Waals surface area contributed by atoms with Crippen LogP contribution in [0.15, 0.2) is 48.5 Å². The zero-order valence-electron chi connectivity index (χ0n) is 23.7. The lowest BCUT2D eigenvalue weighted by Crippen LogP contribution is -2.36. The Morgan fingerprint density at radius 2 is 1.18 bits per heavy atom. The van der Waals surface area contributed by atoms with Crippen molar-refractivity contribution in [2.45, 2.75) is 127 Å². The van der Waals surface area contributed by atoms with Gasteiger partial charge in [0, 0.05) is 24.0 Å². The first kappa shape index (κ1) is 30.8. The van der Waals surface area contributed by atoms with Crippen molar-refractivity contribution in [1.29, 1.82) is 0 Å². The molecule has 4 rings (SSSR count). The third kappa shape index (κ3) is 8.90. The molecule has 222 valence electrons. The summed E-state index contributed by atoms with van der Waals surface area (Å²) < 4.78 is 24.7. The fourth-order valence-corrected chi connectivity index (χ4v) is 5.67. The van der Waals surface area contributed by atoms with E-state index < -0.39 is 18.7 Å². The summed E-state index contributed by atoms with van der Waals surface area (Å²) in [4.78, 5) is 0. The number of phenols is 2. The van der Waals surface area contributed by atoms with Crippen LogP contribution >= 0.6 is 0 Å². The van der Waals surface area contributed by atoms with Crippen molar-refractivity contribution in [3.8, 4) is 11.5 Å². The van der Waals surface area contributed by atoms with Gasteiger partial charge < -0.3 is 39.4 Å². The molecular formula is C32H46O8. The molecule has 0 radical (unpaired) electrons. The molecule has 2 saturated heterocycles. The predicted octanol–water partition coefficient (Wildman–Crippen LogP) is 6.03. The van der Waals surface area contributed by atoms with E-state index in [1.807, 2.05) is 18.2 Å². The Bertz CT molecular complexity index is 1030. The summed E-state index contributed by atoms with van der Waals surface area (Å²) in [7, 11) is 0. The van der Waals surface area contributed by atoms with Crippen LogP contribution in [0.4, 0.5) is 0 Å². The summed E-state index contributed by atoms with van der Waals surface area (Å²) >= 11 is 0. The summed E-state index contributed by atoms with van der Waals surface area (Å²) in [6, 6.07) is 14.1. The minimum atomic E-state index is -0.698. The Morgan fingerprint density at radius 1 is 0.700 bits per heavy atom. The van der Waals surface area contributed by atoms with Gasteiger partial charge in [0.25, 0.3) is 0 Å². The molecule has 2 aliphatic heterocycles. The molecule has 2 fully saturated rings. The topological polar surface area (TPSA) is 118 Å². The zero-order chi connectivity index (χ0) is 28.5. The minimum Gasteiger partial charge on any atom is -0.507 e. The Morgan fingerprint density at radius 3 is 1.70 bits per heavy atom. The number of aromatic hydroxyl groups is 2. The third-order valence-corrected chi connectivity index (χ3v) is 7.90. The van der Waals surface area contributed by atoms with Gasteiger partial charge in [0.05, 0.1) is 36.6 Å². The van der Waals surface area contributed by atoms with Crippen LogP contribution in [0.1, 0.15) is 102 Å². The zero-order valence-corrected chi connectivity index (χ0v) is 23.7. The second-order valence-corrected chi connectivity index (χ2v) is 11.3. The van der Waals surface area contributed by atoms with Gasteiger partial charge in [-0.2, -0.15) is 0 Å². The van der Waals surface area contributed by atoms with Gasteiger partial charge in [-0.1, -0.05) is 43.3 Å². The molecule has 8 unspecified atom stereocenters. The molecule has 8 heteroatoms. The van der Waals surface area contributed by atoms with E-state index in [9.17, 15) is 20.4 Å². The number of hydrogen-bond donors (Lipinski definition) is 4. The van der Waals surface area contributed by atoms with Crippen molar-refractivity contribution in [3.63, 3.8) is 0 Å². The number of rotatable bonds is 13. The Balaban J connectivity index is 1.30. The second kappa shape index (κ2) is 15.1. The first-order valence-electron chi connectivity index (χ1n) is 14.9. The number of hydrogen-bond acceptors (Lipinski definition) is 8. The van der Waals surface area contributed by atoms with Gasteiger partial charge in [0.2, 0.25) is 0 Å². The molecule has 0 bridgehead atoms. The third-order valence-electron chi connectivity index (χ3n) is 7.90. The van der Waals surface area contributed by atoms with E-state index in [0.717, 1.165) is 38.5 Å². The van der Waals surface area contributed by atoms with Crippen LogP contribution in [0.3, 0.4) is 0 Å². The molecule has 2 aromatic carbocycles. The molecule has 0 saturated carbocycles. The van der Waals surface area contributed by atoms with E-state index in [4.69, 9.17) is 18.9 Å². The number of benzene rings is 2. The van der Waals surface area contributed by atoms with Gasteiger partial charge in [-0.15, -0.1) is 0 Å². The van der Waals surface area contributed by atoms with Crippen molar-refractivity contribution >= 4 is 0 Å². The Labute approximate surface area is 237 Å². The maximum atomic E-state index is 10.9. The van der Waals surface area contributed by atoms with Gasteiger partial charge in [-0.3, -0.25) is 0 Å². The standard InChI is InChI=1S/C32H46O8/c1-3-23-19-24(38-31(37-23)27-14-4-6-16-29(27)35)13-9-11-22(34)18-26-20-25(12-8-10-21(2)33)39-32(40-26)28-15-5-7-17-30(28)36/h4-7,14-17,21-26,31-36H,3,8-13,18-20H2,1-2H3. The normalized spacial score (nSPS) is 28.7. The van der Waals surface area contributed by atoms with E-state index >= 15 is 0 Å². The molecule has 4 N–H and O–H groups in total. The lowest BCUT2D eigenvalue weighted by atomic mass is 9.96. The number of aliphatic hydroxyl groups excluding tert-OH is 2. The molecule has 0 spiro atoms. The summed E-state index contributed by atoms with van der Waals surface area (Å²) in [6.07, 6.45) is 4.87. The quantitative estimate of drug-likeness (QED) is 0.236. The lowest BCUT2D eigenvalue weighted by molar-refractivity contribution is -0.254. The highest BCUT2D eigenvalue weighted by atomic mass is 16.7. The SMILES string of the molecule is CCC1CC(CCCC(O)CC2CC(CCCC(C)O)OC(c3ccccc3O)O2)OC(c2ccccc2O)O1. The van der Waals surface area contributed by atoms with Crippen molar-refractivity contribution in [2.24, 2.45) is 0 Å². The van der Waals surface area contributed by atoms with Gasteiger partial charge in [-0.05, 0) is 70.4 Å². The van der Waals surface area contributed by atoms with Crippen molar-refractivity contribution in [1.82, 2.24) is 0 Å². The van der Waals surface area contributed by atoms with Crippen LogP contribution in [-0.2, 0) is 18.9 Å². The monoisotopic (exact) mass is 558 g/mol. The van der Waals surface area contributed by atoms with E-state index in [1.165, 1.54) is 0 Å². The minimum absolute atomic E-state index is 0.0152. The average Bonchev–Trinajstić information content (AvgIpc) is 2.93. The Kier molecular flexibility index (Phi) is 11.6. The van der Waals surface area contributed by atoms with Gasteiger partial charge in [-0.25, -0.2) is 0 Å². The molecule has 8 atom stereocenters. The van der Waals surface area contributed by atoms with Crippen LogP contribution in [0, 0.1) is 0 Å². The molecule has 8 nitrogen and oxygen atoms in total. The maximum Gasteiger partial charge on any atom is 0.188 e. The molecule has 2 heterocycles. The van der Waals surface area contributed by atoms with Crippen LogP contribution in [-0.4, -0.2) is 57.0 Å². The van der Waals surface area contributed by atoms with Crippen LogP contribution < -0.4 is 0 Å². The van der Waals surface area contributed by atoms with E-state index in [0.29, 0.717) is 36.8 Å². The first-order chi connectivity index (χ1) is 19.3. The predicted molar refractivity (Wildman–Crippen MR) is 151 cm³/mol. The Hall–Kier alpha value is -2.20. The number of phenolic OH excluding ortho intramolecular Hbond substituents is 2. The lowest BCUT2D eigenvalue weighted by Gasteiger charge is -2.37. The van der Waals surface area contributed by atoms with Gasteiger partial charge >= 0.3 is 0 Å². The summed E-state index contributed by atoms with van der Waals surface area (Å²) in [5.41, 5.74) is 1.23. The number of aliphatic hydroxyl groups is 2. The molecule has 0 amide bonds.